The van der Waals surface area contributed by atoms with Gasteiger partial charge in [-0.05, 0) is 179 Å². The maximum Gasteiger partial charge on any atom is 0.184 e. The van der Waals surface area contributed by atoms with Crippen LogP contribution in [0.2, 0.25) is 78.6 Å². The summed E-state index contributed by atoms with van der Waals surface area (Å²) < 4.78 is 27.3. The van der Waals surface area contributed by atoms with Crippen LogP contribution in [0.3, 0.4) is 0 Å². The lowest BCUT2D eigenvalue weighted by Crippen LogP contribution is -2.62. The number of carbonyl (C=O) groups excluding carboxylic acids is 1. The molecule has 0 unspecified atom stereocenters. The fraction of sp³-hybridized carbons (Fsp3) is 0.923. The van der Waals surface area contributed by atoms with Crippen molar-refractivity contribution in [2.24, 2.45) is 34.5 Å². The molecule has 4 aliphatic rings. The van der Waals surface area contributed by atoms with Crippen molar-refractivity contribution < 1.29 is 27.6 Å². The Hall–Kier alpha value is 0.0775. The Kier molecular flexibility index (Phi) is 11.7. The van der Waals surface area contributed by atoms with Crippen LogP contribution in [0, 0.1) is 34.5 Å². The zero-order valence-electron chi connectivity index (χ0n) is 34.8. The summed E-state index contributed by atoms with van der Waals surface area (Å²) in [6.45, 7) is 38.8. The van der Waals surface area contributed by atoms with Crippen LogP contribution >= 0.6 is 0 Å². The Labute approximate surface area is 305 Å². The molecule has 3 fully saturated rings. The van der Waals surface area contributed by atoms with E-state index in [2.05, 4.69) is 113 Å². The average Bonchev–Trinajstić information content (AvgIpc) is 3.15. The fourth-order valence-corrected chi connectivity index (χ4v) is 16.2. The molecule has 1 N–H and O–H groups in total. The van der Waals surface area contributed by atoms with Gasteiger partial charge in [0.05, 0.1) is 23.4 Å². The molecule has 4 aliphatic carbocycles. The third-order valence-electron chi connectivity index (χ3n) is 12.5. The highest BCUT2D eigenvalue weighted by molar-refractivity contribution is 6.71. The van der Waals surface area contributed by atoms with Gasteiger partial charge in [0.1, 0.15) is 0 Å². The predicted octanol–water partition coefficient (Wildman–Crippen LogP) is 10.2. The van der Waals surface area contributed by atoms with Gasteiger partial charge in [-0.3, -0.25) is 4.79 Å². The van der Waals surface area contributed by atoms with E-state index in [1.807, 2.05) is 6.08 Å². The van der Waals surface area contributed by atoms with E-state index < -0.39 is 38.9 Å². The van der Waals surface area contributed by atoms with Gasteiger partial charge in [0.2, 0.25) is 0 Å². The van der Waals surface area contributed by atoms with Crippen LogP contribution in [-0.4, -0.2) is 73.7 Å². The zero-order valence-corrected chi connectivity index (χ0v) is 38.8. The van der Waals surface area contributed by atoms with Crippen molar-refractivity contribution in [3.8, 4) is 0 Å². The van der Waals surface area contributed by atoms with E-state index in [0.29, 0.717) is 5.92 Å². The molecule has 4 rings (SSSR count). The van der Waals surface area contributed by atoms with Crippen LogP contribution in [0.5, 0.6) is 0 Å². The van der Waals surface area contributed by atoms with Crippen molar-refractivity contribution in [1.29, 1.82) is 0 Å². The van der Waals surface area contributed by atoms with Crippen molar-refractivity contribution in [3.63, 3.8) is 0 Å². The first-order valence-electron chi connectivity index (χ1n) is 19.6. The van der Waals surface area contributed by atoms with E-state index in [4.69, 9.17) is 17.7 Å². The second kappa shape index (κ2) is 13.7. The van der Waals surface area contributed by atoms with Gasteiger partial charge in [-0.1, -0.05) is 20.8 Å². The molecular weight excluding hydrogens is 677 g/mol. The number of carbonyl (C=O) groups is 1. The van der Waals surface area contributed by atoms with Gasteiger partial charge in [-0.25, -0.2) is 0 Å². The first-order valence-corrected chi connectivity index (χ1v) is 33.3. The summed E-state index contributed by atoms with van der Waals surface area (Å²) in [6.07, 6.45) is 9.08. The minimum Gasteiger partial charge on any atom is -0.414 e. The molecule has 0 aromatic rings. The molecule has 49 heavy (non-hydrogen) atoms. The van der Waals surface area contributed by atoms with Gasteiger partial charge in [0, 0.05) is 17.4 Å². The lowest BCUT2D eigenvalue weighted by molar-refractivity contribution is -0.151. The predicted molar refractivity (Wildman–Crippen MR) is 214 cm³/mol. The third-order valence-corrected chi connectivity index (χ3v) is 16.7. The summed E-state index contributed by atoms with van der Waals surface area (Å²) in [7, 11) is -7.26. The van der Waals surface area contributed by atoms with Crippen molar-refractivity contribution in [1.82, 2.24) is 0 Å². The first kappa shape index (κ1) is 41.8. The molecular formula is C39H76O6Si4. The molecule has 0 amide bonds. The Balaban J connectivity index is 1.65. The second-order valence-corrected chi connectivity index (χ2v) is 39.5. The minimum absolute atomic E-state index is 0.0141. The van der Waals surface area contributed by atoms with Crippen molar-refractivity contribution in [3.05, 3.63) is 11.6 Å². The quantitative estimate of drug-likeness (QED) is 0.189. The number of hydrogen-bond acceptors (Lipinski definition) is 6. The number of ketones is 1. The molecule has 0 aromatic carbocycles. The van der Waals surface area contributed by atoms with Gasteiger partial charge in [-0.15, -0.1) is 0 Å². The monoisotopic (exact) mass is 752 g/mol. The van der Waals surface area contributed by atoms with E-state index in [1.165, 1.54) is 0 Å². The Morgan fingerprint density at radius 1 is 0.837 bits per heavy atom. The maximum atomic E-state index is 14.3. The van der Waals surface area contributed by atoms with Crippen molar-refractivity contribution in [2.75, 3.05) is 0 Å². The highest BCUT2D eigenvalue weighted by Crippen LogP contribution is 2.68. The van der Waals surface area contributed by atoms with Crippen LogP contribution in [0.4, 0.5) is 0 Å². The smallest absolute Gasteiger partial charge is 0.184 e. The highest BCUT2D eigenvalue weighted by Gasteiger charge is 2.67. The van der Waals surface area contributed by atoms with Crippen LogP contribution in [0.15, 0.2) is 11.6 Å². The summed E-state index contributed by atoms with van der Waals surface area (Å²) >= 11 is 0. The molecule has 0 radical (unpaired) electrons. The van der Waals surface area contributed by atoms with Gasteiger partial charge >= 0.3 is 0 Å². The maximum absolute atomic E-state index is 14.3. The lowest BCUT2D eigenvalue weighted by atomic mass is 9.46. The highest BCUT2D eigenvalue weighted by atomic mass is 28.4. The largest absolute Gasteiger partial charge is 0.414 e. The molecule has 284 valence electrons. The summed E-state index contributed by atoms with van der Waals surface area (Å²) in [5.74, 6) is 0.882. The average molecular weight is 753 g/mol. The lowest BCUT2D eigenvalue weighted by Gasteiger charge is -2.61. The molecule has 3 saturated carbocycles. The van der Waals surface area contributed by atoms with E-state index >= 15 is 0 Å². The van der Waals surface area contributed by atoms with Crippen LogP contribution in [-0.2, 0) is 22.5 Å². The molecule has 10 atom stereocenters. The number of allylic oxidation sites excluding steroid dienone is 1. The number of rotatable bonds is 13. The molecule has 6 nitrogen and oxygen atoms in total. The van der Waals surface area contributed by atoms with Gasteiger partial charge < -0.3 is 22.8 Å². The summed E-state index contributed by atoms with van der Waals surface area (Å²) in [5.41, 5.74) is -0.710. The van der Waals surface area contributed by atoms with Gasteiger partial charge in [0.25, 0.3) is 0 Å². The van der Waals surface area contributed by atoms with E-state index in [-0.39, 0.29) is 58.3 Å². The Bertz CT molecular complexity index is 1240. The molecule has 0 aliphatic heterocycles. The van der Waals surface area contributed by atoms with Crippen LogP contribution < -0.4 is 0 Å². The van der Waals surface area contributed by atoms with E-state index in [1.54, 1.807) is 0 Å². The number of fused-ring (bicyclic) bond motifs is 5. The standard InChI is InChI=1S/C39H76O6Si4/c1-27(33(42-46(6,7)8)20-21-36(2,3)45-49(15,16)17)28-19-23-39(41)30-24-32(40)31-25-34(43-47(9,10)11)35(44-48(12,13)14)26-37(31,4)29(30)18-22-38(28,39)5/h24,27-29,31,33-35,41H,18-23,25-26H2,1-17H3/t27-,28+,29-,31-,33+,34+,35-,37+,38+,39+/m0/s1. The Morgan fingerprint density at radius 2 is 1.41 bits per heavy atom. The molecule has 0 aromatic heterocycles. The van der Waals surface area contributed by atoms with Crippen LogP contribution in [0.25, 0.3) is 0 Å². The Morgan fingerprint density at radius 3 is 1.94 bits per heavy atom. The van der Waals surface area contributed by atoms with Gasteiger partial charge in [-0.2, -0.15) is 0 Å². The molecule has 0 heterocycles. The zero-order chi connectivity index (χ0) is 37.4. The SMILES string of the molecule is C[C@@H]([C@H]1CC[C@@]2(O)C3=CC(=O)[C@@H]4C[C@@H](O[Si](C)(C)C)[C@@H](O[Si](C)(C)C)C[C@]4(C)[C@H]3CC[C@]12C)[C@@H](CCC(C)(C)O[Si](C)(C)C)O[Si](C)(C)C. The van der Waals surface area contributed by atoms with E-state index in [0.717, 1.165) is 56.9 Å². The van der Waals surface area contributed by atoms with Crippen molar-refractivity contribution in [2.45, 2.75) is 194 Å². The first-order chi connectivity index (χ1) is 21.9. The normalized spacial score (nSPS) is 37.2. The molecule has 0 spiro atoms. The van der Waals surface area contributed by atoms with Crippen molar-refractivity contribution >= 4 is 39.1 Å². The second-order valence-electron chi connectivity index (χ2n) is 21.7. The minimum atomic E-state index is -1.87. The summed E-state index contributed by atoms with van der Waals surface area (Å²) in [4.78, 5) is 14.3. The van der Waals surface area contributed by atoms with E-state index in [9.17, 15) is 9.90 Å². The third kappa shape index (κ3) is 9.24. The topological polar surface area (TPSA) is 74.2 Å². The number of aliphatic hydroxyl groups is 1. The number of hydrogen-bond donors (Lipinski definition) is 1. The molecule has 10 heteroatoms. The summed E-state index contributed by atoms with van der Waals surface area (Å²) in [6, 6.07) is 0. The molecule has 0 bridgehead atoms. The van der Waals surface area contributed by atoms with Crippen LogP contribution in [0.1, 0.15) is 86.0 Å². The molecule has 0 saturated heterocycles. The van der Waals surface area contributed by atoms with Gasteiger partial charge in [0.15, 0.2) is 39.1 Å². The fourth-order valence-electron chi connectivity index (χ4n) is 10.9. The summed E-state index contributed by atoms with van der Waals surface area (Å²) in [5, 5.41) is 13.1.